The average molecular weight is 251 g/mol. The minimum Gasteiger partial charge on any atom is -0.354 e. The van der Waals surface area contributed by atoms with Crippen molar-refractivity contribution >= 4 is 23.0 Å². The van der Waals surface area contributed by atoms with E-state index in [0.717, 1.165) is 11.4 Å². The van der Waals surface area contributed by atoms with E-state index in [1.54, 1.807) is 12.1 Å². The van der Waals surface area contributed by atoms with E-state index in [-0.39, 0.29) is 12.4 Å². The summed E-state index contributed by atoms with van der Waals surface area (Å²) in [6.45, 7) is 0.268. The molecule has 17 heavy (non-hydrogen) atoms. The molecular weight excluding hydrogens is 239 g/mol. The number of halogens is 2. The summed E-state index contributed by atoms with van der Waals surface area (Å²) in [6, 6.07) is 11.8. The Kier molecular flexibility index (Phi) is 3.61. The van der Waals surface area contributed by atoms with E-state index in [9.17, 15) is 4.39 Å². The number of para-hydroxylation sites is 1. The summed E-state index contributed by atoms with van der Waals surface area (Å²) >= 11 is 6.03. The molecule has 0 saturated heterocycles. The van der Waals surface area contributed by atoms with Crippen molar-refractivity contribution in [1.82, 2.24) is 0 Å². The molecule has 0 unspecified atom stereocenters. The lowest BCUT2D eigenvalue weighted by atomic mass is 10.1. The number of anilines is 2. The molecule has 88 valence electrons. The largest absolute Gasteiger partial charge is 0.354 e. The van der Waals surface area contributed by atoms with E-state index in [2.05, 4.69) is 5.32 Å². The fourth-order valence-corrected chi connectivity index (χ4v) is 1.74. The molecule has 0 aliphatic rings. The van der Waals surface area contributed by atoms with Gasteiger partial charge in [0.05, 0.1) is 10.7 Å². The van der Waals surface area contributed by atoms with Crippen LogP contribution in [0.25, 0.3) is 0 Å². The third-order valence-electron chi connectivity index (χ3n) is 2.43. The lowest BCUT2D eigenvalue weighted by molar-refractivity contribution is 0.626. The molecule has 0 bridgehead atoms. The van der Waals surface area contributed by atoms with Gasteiger partial charge in [0.25, 0.3) is 0 Å². The molecule has 2 nitrogen and oxygen atoms in total. The lowest BCUT2D eigenvalue weighted by Crippen LogP contribution is -2.02. The molecule has 3 N–H and O–H groups in total. The van der Waals surface area contributed by atoms with Gasteiger partial charge in [0.2, 0.25) is 0 Å². The Labute approximate surface area is 104 Å². The Bertz CT molecular complexity index is 529. The first kappa shape index (κ1) is 11.9. The van der Waals surface area contributed by atoms with Crippen molar-refractivity contribution in [2.75, 3.05) is 5.32 Å². The minimum absolute atomic E-state index is 0.268. The van der Waals surface area contributed by atoms with Crippen molar-refractivity contribution in [1.29, 1.82) is 0 Å². The highest BCUT2D eigenvalue weighted by atomic mass is 35.5. The summed E-state index contributed by atoms with van der Waals surface area (Å²) < 4.78 is 13.0. The summed E-state index contributed by atoms with van der Waals surface area (Å²) in [5, 5.41) is 3.75. The highest BCUT2D eigenvalue weighted by Gasteiger charge is 2.05. The maximum absolute atomic E-state index is 13.0. The van der Waals surface area contributed by atoms with Crippen molar-refractivity contribution in [2.24, 2.45) is 5.73 Å². The second kappa shape index (κ2) is 5.17. The molecule has 0 saturated carbocycles. The van der Waals surface area contributed by atoms with Crippen molar-refractivity contribution < 1.29 is 4.39 Å². The van der Waals surface area contributed by atoms with Gasteiger partial charge in [-0.05, 0) is 35.9 Å². The van der Waals surface area contributed by atoms with Crippen LogP contribution < -0.4 is 11.1 Å². The normalized spacial score (nSPS) is 10.3. The monoisotopic (exact) mass is 250 g/mol. The van der Waals surface area contributed by atoms with Crippen LogP contribution in [0.4, 0.5) is 15.8 Å². The fraction of sp³-hybridized carbons (Fsp3) is 0.0769. The molecule has 0 radical (unpaired) electrons. The standard InChI is InChI=1S/C13H12ClFN2/c14-11-3-1-2-4-13(11)17-12-6-5-10(15)7-9(12)8-16/h1-7,17H,8,16H2. The zero-order valence-corrected chi connectivity index (χ0v) is 9.84. The SMILES string of the molecule is NCc1cc(F)ccc1Nc1ccccc1Cl. The van der Waals surface area contributed by atoms with Gasteiger partial charge in [0.15, 0.2) is 0 Å². The first-order chi connectivity index (χ1) is 8.20. The predicted octanol–water partition coefficient (Wildman–Crippen LogP) is 3.68. The zero-order valence-electron chi connectivity index (χ0n) is 9.08. The number of nitrogens with two attached hydrogens (primary N) is 1. The van der Waals surface area contributed by atoms with Gasteiger partial charge in [-0.25, -0.2) is 4.39 Å². The Morgan fingerprint density at radius 3 is 2.59 bits per heavy atom. The number of hydrogen-bond acceptors (Lipinski definition) is 2. The van der Waals surface area contributed by atoms with Gasteiger partial charge in [0.1, 0.15) is 5.82 Å². The zero-order chi connectivity index (χ0) is 12.3. The molecule has 0 fully saturated rings. The van der Waals surface area contributed by atoms with Crippen molar-refractivity contribution in [3.63, 3.8) is 0 Å². The van der Waals surface area contributed by atoms with E-state index >= 15 is 0 Å². The lowest BCUT2D eigenvalue weighted by Gasteiger charge is -2.12. The Morgan fingerprint density at radius 1 is 1.12 bits per heavy atom. The number of hydrogen-bond donors (Lipinski definition) is 2. The van der Waals surface area contributed by atoms with Crippen molar-refractivity contribution in [3.05, 3.63) is 58.9 Å². The maximum atomic E-state index is 13.0. The van der Waals surface area contributed by atoms with Crippen LogP contribution in [-0.4, -0.2) is 0 Å². The molecular formula is C13H12ClFN2. The van der Waals surface area contributed by atoms with Crippen LogP contribution in [0.1, 0.15) is 5.56 Å². The molecule has 0 heterocycles. The summed E-state index contributed by atoms with van der Waals surface area (Å²) in [4.78, 5) is 0. The third-order valence-corrected chi connectivity index (χ3v) is 2.76. The van der Waals surface area contributed by atoms with E-state index in [1.165, 1.54) is 12.1 Å². The van der Waals surface area contributed by atoms with Crippen LogP contribution in [0.15, 0.2) is 42.5 Å². The second-order valence-corrected chi connectivity index (χ2v) is 4.02. The first-order valence-electron chi connectivity index (χ1n) is 5.21. The topological polar surface area (TPSA) is 38.0 Å². The van der Waals surface area contributed by atoms with Crippen LogP contribution in [-0.2, 0) is 6.54 Å². The van der Waals surface area contributed by atoms with E-state index in [4.69, 9.17) is 17.3 Å². The van der Waals surface area contributed by atoms with Crippen LogP contribution >= 0.6 is 11.6 Å². The fourth-order valence-electron chi connectivity index (χ4n) is 1.56. The average Bonchev–Trinajstić information content (AvgIpc) is 2.34. The predicted molar refractivity (Wildman–Crippen MR) is 69.0 cm³/mol. The quantitative estimate of drug-likeness (QED) is 0.872. The smallest absolute Gasteiger partial charge is 0.123 e. The van der Waals surface area contributed by atoms with E-state index in [0.29, 0.717) is 10.6 Å². The molecule has 0 spiro atoms. The molecule has 2 rings (SSSR count). The number of nitrogens with one attached hydrogen (secondary N) is 1. The van der Waals surface area contributed by atoms with E-state index < -0.39 is 0 Å². The summed E-state index contributed by atoms with van der Waals surface area (Å²) in [5.41, 5.74) is 7.82. The maximum Gasteiger partial charge on any atom is 0.123 e. The van der Waals surface area contributed by atoms with Crippen LogP contribution in [0.5, 0.6) is 0 Å². The molecule has 0 aliphatic heterocycles. The van der Waals surface area contributed by atoms with Gasteiger partial charge in [-0.15, -0.1) is 0 Å². The molecule has 0 aliphatic carbocycles. The number of rotatable bonds is 3. The van der Waals surface area contributed by atoms with Gasteiger partial charge in [-0.3, -0.25) is 0 Å². The van der Waals surface area contributed by atoms with Crippen LogP contribution in [0.3, 0.4) is 0 Å². The van der Waals surface area contributed by atoms with Gasteiger partial charge in [-0.2, -0.15) is 0 Å². The minimum atomic E-state index is -0.296. The molecule has 2 aromatic carbocycles. The van der Waals surface area contributed by atoms with E-state index in [1.807, 2.05) is 18.2 Å². The molecule has 0 amide bonds. The van der Waals surface area contributed by atoms with Crippen LogP contribution in [0.2, 0.25) is 5.02 Å². The molecule has 0 aromatic heterocycles. The van der Waals surface area contributed by atoms with Gasteiger partial charge in [0, 0.05) is 12.2 Å². The van der Waals surface area contributed by atoms with Gasteiger partial charge < -0.3 is 11.1 Å². The third kappa shape index (κ3) is 2.75. The second-order valence-electron chi connectivity index (χ2n) is 3.61. The summed E-state index contributed by atoms with van der Waals surface area (Å²) in [7, 11) is 0. The number of benzene rings is 2. The van der Waals surface area contributed by atoms with Gasteiger partial charge in [-0.1, -0.05) is 23.7 Å². The van der Waals surface area contributed by atoms with Crippen molar-refractivity contribution in [3.8, 4) is 0 Å². The molecule has 2 aromatic rings. The molecule has 0 atom stereocenters. The summed E-state index contributed by atoms with van der Waals surface area (Å²) in [5.74, 6) is -0.296. The van der Waals surface area contributed by atoms with Crippen molar-refractivity contribution in [2.45, 2.75) is 6.54 Å². The molecule has 4 heteroatoms. The Hall–Kier alpha value is -1.58. The highest BCUT2D eigenvalue weighted by molar-refractivity contribution is 6.33. The Morgan fingerprint density at radius 2 is 1.88 bits per heavy atom. The van der Waals surface area contributed by atoms with Gasteiger partial charge >= 0.3 is 0 Å². The summed E-state index contributed by atoms with van der Waals surface area (Å²) in [6.07, 6.45) is 0. The first-order valence-corrected chi connectivity index (χ1v) is 5.58. The Balaban J connectivity index is 2.33. The van der Waals surface area contributed by atoms with Crippen LogP contribution in [0, 0.1) is 5.82 Å². The highest BCUT2D eigenvalue weighted by Crippen LogP contribution is 2.27.